The summed E-state index contributed by atoms with van der Waals surface area (Å²) in [7, 11) is -11.0. The molecule has 1 aliphatic heterocycles. The number of hydrogen-bond donors (Lipinski definition) is 1. The number of fused-ring (bicyclic) bond motifs is 3. The molecule has 0 aliphatic carbocycles. The van der Waals surface area contributed by atoms with Gasteiger partial charge in [-0.15, -0.1) is 0 Å². The van der Waals surface area contributed by atoms with E-state index in [0.29, 0.717) is 16.9 Å². The molecule has 0 spiro atoms. The lowest BCUT2D eigenvalue weighted by Crippen LogP contribution is -2.26. The molecular weight excluding hydrogens is 530 g/mol. The molecule has 10 nitrogen and oxygen atoms in total. The predicted octanol–water partition coefficient (Wildman–Crippen LogP) is 3.34. The lowest BCUT2D eigenvalue weighted by atomic mass is 9.80. The van der Waals surface area contributed by atoms with Gasteiger partial charge in [0.25, 0.3) is 30.4 Å². The van der Waals surface area contributed by atoms with E-state index in [9.17, 15) is 29.8 Å². The first-order chi connectivity index (χ1) is 16.6. The minimum atomic E-state index is -4.77. The second-order valence-electron chi connectivity index (χ2n) is 8.74. The molecular formula is C23H24NO9S3+. The van der Waals surface area contributed by atoms with Crippen LogP contribution >= 0.6 is 0 Å². The Morgan fingerprint density at radius 1 is 0.806 bits per heavy atom. The highest BCUT2D eigenvalue weighted by molar-refractivity contribution is 7.87. The molecule has 1 N–H and O–H groups in total. The van der Waals surface area contributed by atoms with E-state index >= 15 is 0 Å². The fraction of sp³-hybridized carbons (Fsp3) is 0.261. The molecule has 36 heavy (non-hydrogen) atoms. The molecule has 0 fully saturated rings. The third-order valence-corrected chi connectivity index (χ3v) is 9.94. The first kappa shape index (κ1) is 26.4. The van der Waals surface area contributed by atoms with E-state index in [1.165, 1.54) is 24.3 Å². The highest BCUT2D eigenvalue weighted by Gasteiger charge is 2.46. The maximum absolute atomic E-state index is 12.7. The lowest BCUT2D eigenvalue weighted by Gasteiger charge is -2.18. The molecule has 0 saturated carbocycles. The average molecular weight is 555 g/mol. The molecule has 0 saturated heterocycles. The third kappa shape index (κ3) is 4.05. The fourth-order valence-corrected chi connectivity index (χ4v) is 6.71. The SMILES string of the molecule is COS(=O)(=O)c1cccc([N+]2=C(C)C(C)(C)c3c2ccc2c(S(=O)(=O)OC)cc(S(=O)(=O)O)cc32)c1. The van der Waals surface area contributed by atoms with E-state index in [4.69, 9.17) is 0 Å². The molecule has 0 amide bonds. The first-order valence-electron chi connectivity index (χ1n) is 10.5. The lowest BCUT2D eigenvalue weighted by molar-refractivity contribution is 0.397. The standard InChI is InChI=1S/C23H23NO9S3/c1-14-23(2,3)22-19-12-17(34(25,26)27)13-21(36(30,31)33-5)18(19)9-10-20(22)24(14)15-7-6-8-16(11-15)35(28,29)32-4/h6-13H,1-5H3/p+1. The van der Waals surface area contributed by atoms with Crippen molar-refractivity contribution in [2.24, 2.45) is 0 Å². The zero-order valence-corrected chi connectivity index (χ0v) is 22.5. The van der Waals surface area contributed by atoms with Crippen LogP contribution in [0.5, 0.6) is 0 Å². The van der Waals surface area contributed by atoms with Gasteiger partial charge in [-0.2, -0.15) is 29.8 Å². The van der Waals surface area contributed by atoms with E-state index < -0.39 is 45.6 Å². The van der Waals surface area contributed by atoms with Crippen LogP contribution in [0.15, 0.2) is 63.2 Å². The van der Waals surface area contributed by atoms with Crippen molar-refractivity contribution in [1.29, 1.82) is 0 Å². The Kier molecular flexibility index (Phi) is 6.18. The van der Waals surface area contributed by atoms with E-state index in [2.05, 4.69) is 8.37 Å². The van der Waals surface area contributed by atoms with Gasteiger partial charge in [-0.3, -0.25) is 12.9 Å². The summed E-state index contributed by atoms with van der Waals surface area (Å²) in [5, 5.41) is 0.493. The molecule has 192 valence electrons. The zero-order chi connectivity index (χ0) is 26.8. The number of hydrogen-bond acceptors (Lipinski definition) is 8. The normalized spacial score (nSPS) is 15.9. The minimum absolute atomic E-state index is 0.0514. The molecule has 0 atom stereocenters. The van der Waals surface area contributed by atoms with Crippen molar-refractivity contribution in [2.75, 3.05) is 14.2 Å². The topological polar surface area (TPSA) is 144 Å². The third-order valence-electron chi connectivity index (χ3n) is 6.53. The molecule has 0 unspecified atom stereocenters. The average Bonchev–Trinajstić information content (AvgIpc) is 3.03. The van der Waals surface area contributed by atoms with E-state index in [-0.39, 0.29) is 15.7 Å². The van der Waals surface area contributed by atoms with E-state index in [1.807, 2.05) is 25.3 Å². The van der Waals surface area contributed by atoms with Crippen LogP contribution in [0.2, 0.25) is 0 Å². The van der Waals surface area contributed by atoms with Crippen LogP contribution in [0.1, 0.15) is 26.3 Å². The minimum Gasteiger partial charge on any atom is -0.282 e. The highest BCUT2D eigenvalue weighted by Crippen LogP contribution is 2.47. The van der Waals surface area contributed by atoms with Gasteiger partial charge in [0.2, 0.25) is 11.4 Å². The molecule has 4 rings (SSSR count). The second-order valence-corrected chi connectivity index (χ2v) is 13.6. The largest absolute Gasteiger partial charge is 0.297 e. The Balaban J connectivity index is 2.12. The van der Waals surface area contributed by atoms with Crippen molar-refractivity contribution in [3.8, 4) is 0 Å². The van der Waals surface area contributed by atoms with Gasteiger partial charge in [0, 0.05) is 36.1 Å². The molecule has 1 heterocycles. The molecule has 13 heteroatoms. The van der Waals surface area contributed by atoms with Gasteiger partial charge in [-0.05, 0) is 43.5 Å². The Hall–Kier alpha value is -2.68. The highest BCUT2D eigenvalue weighted by atomic mass is 32.2. The Morgan fingerprint density at radius 3 is 2.03 bits per heavy atom. The smallest absolute Gasteiger partial charge is 0.282 e. The van der Waals surface area contributed by atoms with Gasteiger partial charge < -0.3 is 0 Å². The van der Waals surface area contributed by atoms with Gasteiger partial charge in [0.15, 0.2) is 5.71 Å². The van der Waals surface area contributed by atoms with Crippen LogP contribution in [-0.4, -0.2) is 49.7 Å². The van der Waals surface area contributed by atoms with E-state index in [0.717, 1.165) is 26.0 Å². The van der Waals surface area contributed by atoms with Crippen molar-refractivity contribution < 1.29 is 38.2 Å². The van der Waals surface area contributed by atoms with Crippen LogP contribution in [-0.2, 0) is 44.1 Å². The molecule has 1 aliphatic rings. The monoisotopic (exact) mass is 554 g/mol. The predicted molar refractivity (Wildman–Crippen MR) is 134 cm³/mol. The van der Waals surface area contributed by atoms with Gasteiger partial charge in [-0.1, -0.05) is 6.07 Å². The Morgan fingerprint density at radius 2 is 1.44 bits per heavy atom. The van der Waals surface area contributed by atoms with Crippen LogP contribution in [0.25, 0.3) is 10.8 Å². The quantitative estimate of drug-likeness (QED) is 0.275. The van der Waals surface area contributed by atoms with Crippen LogP contribution in [0.3, 0.4) is 0 Å². The molecule has 0 aromatic heterocycles. The second kappa shape index (κ2) is 8.43. The van der Waals surface area contributed by atoms with Gasteiger partial charge in [0.05, 0.1) is 24.5 Å². The summed E-state index contributed by atoms with van der Waals surface area (Å²) in [4.78, 5) is -1.05. The van der Waals surface area contributed by atoms with Crippen LogP contribution in [0, 0.1) is 0 Å². The molecule has 0 radical (unpaired) electrons. The Bertz CT molecular complexity index is 1790. The molecule has 0 bridgehead atoms. The summed E-state index contributed by atoms with van der Waals surface area (Å²) < 4.78 is 94.9. The van der Waals surface area contributed by atoms with Crippen molar-refractivity contribution in [2.45, 2.75) is 40.9 Å². The van der Waals surface area contributed by atoms with Crippen LogP contribution < -0.4 is 4.58 Å². The molecule has 3 aromatic rings. The molecule has 3 aromatic carbocycles. The summed E-state index contributed by atoms with van der Waals surface area (Å²) in [5.41, 5.74) is 1.70. The summed E-state index contributed by atoms with van der Waals surface area (Å²) in [6.07, 6.45) is 0. The van der Waals surface area contributed by atoms with Gasteiger partial charge in [-0.25, -0.2) is 0 Å². The van der Waals surface area contributed by atoms with Crippen molar-refractivity contribution in [3.63, 3.8) is 0 Å². The number of rotatable bonds is 6. The first-order valence-corrected chi connectivity index (χ1v) is 14.8. The summed E-state index contributed by atoms with van der Waals surface area (Å²) in [5.74, 6) is 0. The van der Waals surface area contributed by atoms with Crippen LogP contribution in [0.4, 0.5) is 11.4 Å². The van der Waals surface area contributed by atoms with Crippen molar-refractivity contribution in [3.05, 3.63) is 54.1 Å². The summed E-state index contributed by atoms with van der Waals surface area (Å²) in [6, 6.07) is 11.4. The zero-order valence-electron chi connectivity index (χ0n) is 20.0. The van der Waals surface area contributed by atoms with Gasteiger partial charge >= 0.3 is 0 Å². The fourth-order valence-electron chi connectivity index (χ4n) is 4.50. The number of nitrogens with zero attached hydrogens (tertiary/aromatic N) is 1. The maximum atomic E-state index is 12.7. The van der Waals surface area contributed by atoms with Crippen molar-refractivity contribution in [1.82, 2.24) is 4.58 Å². The van der Waals surface area contributed by atoms with Gasteiger partial charge in [0.1, 0.15) is 9.79 Å². The summed E-state index contributed by atoms with van der Waals surface area (Å²) >= 11 is 0. The maximum Gasteiger partial charge on any atom is 0.297 e. The van der Waals surface area contributed by atoms with Crippen molar-refractivity contribution >= 4 is 58.2 Å². The van der Waals surface area contributed by atoms with E-state index in [1.54, 1.807) is 18.2 Å². The number of benzene rings is 3. The Labute approximate surface area is 209 Å². The summed E-state index contributed by atoms with van der Waals surface area (Å²) in [6.45, 7) is 5.59.